The minimum absolute atomic E-state index is 0.00510. The summed E-state index contributed by atoms with van der Waals surface area (Å²) < 4.78 is 27.4. The first-order valence-corrected chi connectivity index (χ1v) is 9.40. The molecule has 1 amide bonds. The quantitative estimate of drug-likeness (QED) is 0.875. The number of rotatable bonds is 4. The molecule has 0 radical (unpaired) electrons. The van der Waals surface area contributed by atoms with Crippen molar-refractivity contribution in [2.45, 2.75) is 31.1 Å². The van der Waals surface area contributed by atoms with Crippen LogP contribution in [0.2, 0.25) is 0 Å². The number of amides is 1. The van der Waals surface area contributed by atoms with Crippen LogP contribution in [0.4, 0.5) is 14.5 Å². The number of alkyl halides is 1. The number of hydrogen-bond donors (Lipinski definition) is 1. The highest BCUT2D eigenvalue weighted by atomic mass is 19.1. The van der Waals surface area contributed by atoms with E-state index < -0.39 is 12.2 Å². The first-order valence-electron chi connectivity index (χ1n) is 9.40. The van der Waals surface area contributed by atoms with E-state index in [0.717, 1.165) is 11.8 Å². The number of anilines is 1. The van der Waals surface area contributed by atoms with Crippen molar-refractivity contribution in [3.8, 4) is 6.07 Å². The van der Waals surface area contributed by atoms with Gasteiger partial charge in [0.2, 0.25) is 5.91 Å². The molecule has 2 aromatic rings. The second-order valence-electron chi connectivity index (χ2n) is 7.41. The van der Waals surface area contributed by atoms with Gasteiger partial charge < -0.3 is 10.2 Å². The normalized spacial score (nSPS) is 25.2. The van der Waals surface area contributed by atoms with Crippen molar-refractivity contribution in [2.24, 2.45) is 0 Å². The van der Waals surface area contributed by atoms with Crippen LogP contribution in [0.5, 0.6) is 0 Å². The second kappa shape index (κ2) is 7.68. The van der Waals surface area contributed by atoms with Crippen LogP contribution in [0, 0.1) is 17.1 Å². The lowest BCUT2D eigenvalue weighted by Crippen LogP contribution is -2.42. The van der Waals surface area contributed by atoms with Crippen molar-refractivity contribution in [3.05, 3.63) is 36.3 Å². The maximum atomic E-state index is 13.9. The standard InChI is InChI=1S/C20H21F2N5O/c21-13-7-18-17(2-1-4-24-18)19(8-13)25-15-3-5-26(11-15)12-20(28)27-10-14(22)6-16(27)9-23/h1-2,4,7-8,14-16,25H,3,5-6,10-12H2/t14-,15+,16-/m0/s1. The van der Waals surface area contributed by atoms with Gasteiger partial charge in [0.25, 0.3) is 0 Å². The van der Waals surface area contributed by atoms with Gasteiger partial charge in [-0.2, -0.15) is 5.26 Å². The monoisotopic (exact) mass is 385 g/mol. The average Bonchev–Trinajstić information content (AvgIpc) is 3.27. The van der Waals surface area contributed by atoms with Crippen molar-refractivity contribution >= 4 is 22.5 Å². The Hall–Kier alpha value is -2.79. The summed E-state index contributed by atoms with van der Waals surface area (Å²) in [6, 6.07) is 7.96. The number of carbonyl (C=O) groups excluding carboxylic acids is 1. The molecule has 1 N–H and O–H groups in total. The van der Waals surface area contributed by atoms with E-state index in [2.05, 4.69) is 10.3 Å². The molecular formula is C20H21F2N5O. The van der Waals surface area contributed by atoms with E-state index in [0.29, 0.717) is 24.3 Å². The van der Waals surface area contributed by atoms with Gasteiger partial charge in [-0.25, -0.2) is 8.78 Å². The fraction of sp³-hybridized carbons (Fsp3) is 0.450. The highest BCUT2D eigenvalue weighted by Gasteiger charge is 2.36. The molecule has 2 fully saturated rings. The third-order valence-electron chi connectivity index (χ3n) is 5.40. The van der Waals surface area contributed by atoms with Gasteiger partial charge in [0.15, 0.2) is 0 Å². The Balaban J connectivity index is 1.39. The van der Waals surface area contributed by atoms with Crippen LogP contribution in [0.3, 0.4) is 0 Å². The Morgan fingerprint density at radius 2 is 2.25 bits per heavy atom. The lowest BCUT2D eigenvalue weighted by Gasteiger charge is -2.23. The van der Waals surface area contributed by atoms with Crippen molar-refractivity contribution in [2.75, 3.05) is 31.5 Å². The summed E-state index contributed by atoms with van der Waals surface area (Å²) in [7, 11) is 0. The van der Waals surface area contributed by atoms with E-state index in [1.54, 1.807) is 6.20 Å². The zero-order valence-electron chi connectivity index (χ0n) is 15.3. The minimum Gasteiger partial charge on any atom is -0.380 e. The number of halogens is 2. The summed E-state index contributed by atoms with van der Waals surface area (Å²) >= 11 is 0. The van der Waals surface area contributed by atoms with E-state index in [1.165, 1.54) is 17.0 Å². The largest absolute Gasteiger partial charge is 0.380 e. The molecule has 8 heteroatoms. The van der Waals surface area contributed by atoms with Gasteiger partial charge in [-0.1, -0.05) is 0 Å². The number of hydrogen-bond acceptors (Lipinski definition) is 5. The molecule has 2 aliphatic rings. The van der Waals surface area contributed by atoms with Crippen LogP contribution in [0.1, 0.15) is 12.8 Å². The molecular weight excluding hydrogens is 364 g/mol. The fourth-order valence-electron chi connectivity index (χ4n) is 4.05. The minimum atomic E-state index is -1.13. The molecule has 3 atom stereocenters. The molecule has 146 valence electrons. The Morgan fingerprint density at radius 1 is 1.39 bits per heavy atom. The highest BCUT2D eigenvalue weighted by Crippen LogP contribution is 2.26. The van der Waals surface area contributed by atoms with Crippen molar-refractivity contribution in [3.63, 3.8) is 0 Å². The summed E-state index contributed by atoms with van der Waals surface area (Å²) in [6.45, 7) is 1.48. The van der Waals surface area contributed by atoms with Crippen LogP contribution in [-0.4, -0.2) is 65.1 Å². The topological polar surface area (TPSA) is 72.3 Å². The first-order chi connectivity index (χ1) is 13.5. The molecule has 1 aromatic heterocycles. The Bertz CT molecular complexity index is 930. The molecule has 6 nitrogen and oxygen atoms in total. The summed E-state index contributed by atoms with van der Waals surface area (Å²) in [5.74, 6) is -0.566. The van der Waals surface area contributed by atoms with Gasteiger partial charge in [-0.15, -0.1) is 0 Å². The predicted octanol–water partition coefficient (Wildman–Crippen LogP) is 2.32. The average molecular weight is 385 g/mol. The summed E-state index contributed by atoms with van der Waals surface area (Å²) in [4.78, 5) is 20.0. The van der Waals surface area contributed by atoms with Crippen molar-refractivity contribution in [1.82, 2.24) is 14.8 Å². The van der Waals surface area contributed by atoms with Crippen molar-refractivity contribution in [1.29, 1.82) is 5.26 Å². The van der Waals surface area contributed by atoms with Crippen molar-refractivity contribution < 1.29 is 13.6 Å². The Labute approximate surface area is 161 Å². The third kappa shape index (κ3) is 3.76. The summed E-state index contributed by atoms with van der Waals surface area (Å²) in [6.07, 6.45) is 1.39. The van der Waals surface area contributed by atoms with Crippen LogP contribution in [-0.2, 0) is 4.79 Å². The number of aromatic nitrogens is 1. The van der Waals surface area contributed by atoms with Gasteiger partial charge in [-0.05, 0) is 24.6 Å². The van der Waals surface area contributed by atoms with E-state index >= 15 is 0 Å². The number of nitrogens with zero attached hydrogens (tertiary/aromatic N) is 4. The lowest BCUT2D eigenvalue weighted by molar-refractivity contribution is -0.132. The fourth-order valence-corrected chi connectivity index (χ4v) is 4.05. The highest BCUT2D eigenvalue weighted by molar-refractivity contribution is 5.91. The SMILES string of the molecule is N#C[C@@H]1C[C@H](F)CN1C(=O)CN1CC[C@@H](Nc2cc(F)cc3ncccc23)C1. The number of likely N-dealkylation sites (tertiary alicyclic amines) is 2. The molecule has 0 spiro atoms. The summed E-state index contributed by atoms with van der Waals surface area (Å²) in [5, 5.41) is 13.3. The first kappa shape index (κ1) is 18.6. The van der Waals surface area contributed by atoms with E-state index in [9.17, 15) is 13.6 Å². The number of nitriles is 1. The van der Waals surface area contributed by atoms with Gasteiger partial charge in [0, 0.05) is 48.9 Å². The number of fused-ring (bicyclic) bond motifs is 1. The molecule has 0 unspecified atom stereocenters. The van der Waals surface area contributed by atoms with E-state index in [1.807, 2.05) is 23.1 Å². The van der Waals surface area contributed by atoms with E-state index in [4.69, 9.17) is 5.26 Å². The van der Waals surface area contributed by atoms with Crippen LogP contribution in [0.25, 0.3) is 10.9 Å². The van der Waals surface area contributed by atoms with Gasteiger partial charge in [-0.3, -0.25) is 14.7 Å². The smallest absolute Gasteiger partial charge is 0.237 e. The molecule has 4 rings (SSSR count). The second-order valence-corrected chi connectivity index (χ2v) is 7.41. The molecule has 0 bridgehead atoms. The van der Waals surface area contributed by atoms with Crippen LogP contribution < -0.4 is 5.32 Å². The molecule has 0 aliphatic carbocycles. The third-order valence-corrected chi connectivity index (χ3v) is 5.40. The van der Waals surface area contributed by atoms with Gasteiger partial charge >= 0.3 is 0 Å². The van der Waals surface area contributed by atoms with E-state index in [-0.39, 0.29) is 37.3 Å². The number of benzene rings is 1. The molecule has 3 heterocycles. The zero-order chi connectivity index (χ0) is 19.7. The molecule has 28 heavy (non-hydrogen) atoms. The molecule has 1 aromatic carbocycles. The van der Waals surface area contributed by atoms with Crippen LogP contribution in [0.15, 0.2) is 30.5 Å². The predicted molar refractivity (Wildman–Crippen MR) is 101 cm³/mol. The zero-order valence-corrected chi connectivity index (χ0v) is 15.3. The Morgan fingerprint density at radius 3 is 3.07 bits per heavy atom. The summed E-state index contributed by atoms with van der Waals surface area (Å²) in [5.41, 5.74) is 1.28. The van der Waals surface area contributed by atoms with Gasteiger partial charge in [0.05, 0.1) is 24.7 Å². The number of carbonyl (C=O) groups is 1. The molecule has 2 aliphatic heterocycles. The molecule has 2 saturated heterocycles. The number of nitrogens with one attached hydrogen (secondary N) is 1. The molecule has 0 saturated carbocycles. The number of pyridine rings is 1. The van der Waals surface area contributed by atoms with Gasteiger partial charge in [0.1, 0.15) is 18.0 Å². The lowest BCUT2D eigenvalue weighted by atomic mass is 10.1. The Kier molecular flexibility index (Phi) is 5.09. The maximum Gasteiger partial charge on any atom is 0.237 e. The van der Waals surface area contributed by atoms with Crippen LogP contribution >= 0.6 is 0 Å². The maximum absolute atomic E-state index is 13.9.